The zero-order valence-corrected chi connectivity index (χ0v) is 19.1. The largest absolute Gasteiger partial charge is 0.376 e. The third kappa shape index (κ3) is 5.53. The highest BCUT2D eigenvalue weighted by atomic mass is 35.5. The van der Waals surface area contributed by atoms with Gasteiger partial charge in [0.05, 0.1) is 37.8 Å². The predicted octanol–water partition coefficient (Wildman–Crippen LogP) is 5.74. The zero-order valence-electron chi connectivity index (χ0n) is 15.9. The molecule has 0 aliphatic carbocycles. The number of halogens is 2. The second kappa shape index (κ2) is 10.1. The molecule has 0 radical (unpaired) electrons. The Morgan fingerprint density at radius 2 is 2.17 bits per heavy atom. The summed E-state index contributed by atoms with van der Waals surface area (Å²) < 4.78 is 7.39. The maximum absolute atomic E-state index is 12.1. The van der Waals surface area contributed by atoms with E-state index in [0.717, 1.165) is 39.7 Å². The summed E-state index contributed by atoms with van der Waals surface area (Å²) in [5.74, 6) is 0.333. The summed E-state index contributed by atoms with van der Waals surface area (Å²) in [6, 6.07) is 11.1. The van der Waals surface area contributed by atoms with Crippen LogP contribution in [-0.2, 0) is 9.53 Å². The van der Waals surface area contributed by atoms with Gasteiger partial charge in [0.1, 0.15) is 0 Å². The Hall–Kier alpha value is -1.64. The molecule has 0 spiro atoms. The van der Waals surface area contributed by atoms with Crippen molar-refractivity contribution in [2.24, 2.45) is 4.99 Å². The molecule has 2 heterocycles. The smallest absolute Gasteiger partial charge is 0.230 e. The summed E-state index contributed by atoms with van der Waals surface area (Å²) in [7, 11) is 0. The molecule has 1 N–H and O–H groups in total. The van der Waals surface area contributed by atoms with Crippen LogP contribution in [0.4, 0.5) is 5.69 Å². The van der Waals surface area contributed by atoms with E-state index in [-0.39, 0.29) is 12.0 Å². The van der Waals surface area contributed by atoms with Gasteiger partial charge in [0.15, 0.2) is 4.34 Å². The number of hydrogen-bond donors (Lipinski definition) is 1. The Bertz CT molecular complexity index is 1060. The maximum Gasteiger partial charge on any atom is 0.230 e. The van der Waals surface area contributed by atoms with Crippen LogP contribution in [0.25, 0.3) is 10.2 Å². The maximum atomic E-state index is 12.1. The fourth-order valence-electron chi connectivity index (χ4n) is 3.02. The van der Waals surface area contributed by atoms with Gasteiger partial charge < -0.3 is 10.1 Å². The first-order valence-corrected chi connectivity index (χ1v) is 12.0. The third-order valence-electron chi connectivity index (χ3n) is 4.57. The van der Waals surface area contributed by atoms with E-state index in [1.54, 1.807) is 35.8 Å². The lowest BCUT2D eigenvalue weighted by atomic mass is 10.2. The van der Waals surface area contributed by atoms with Crippen LogP contribution in [0.5, 0.6) is 0 Å². The Kier molecular flexibility index (Phi) is 7.28. The van der Waals surface area contributed by atoms with Gasteiger partial charge in [-0.05, 0) is 43.2 Å². The molecule has 1 amide bonds. The van der Waals surface area contributed by atoms with Crippen LogP contribution in [0.15, 0.2) is 45.7 Å². The van der Waals surface area contributed by atoms with Crippen LogP contribution in [0.2, 0.25) is 10.0 Å². The minimum absolute atomic E-state index is 0.00309. The predicted molar refractivity (Wildman–Crippen MR) is 126 cm³/mol. The molecule has 1 fully saturated rings. The molecule has 1 aliphatic heterocycles. The molecule has 3 aromatic rings. The Morgan fingerprint density at radius 1 is 1.33 bits per heavy atom. The molecular weight excluding hydrogens is 461 g/mol. The number of thiazole rings is 1. The van der Waals surface area contributed by atoms with Gasteiger partial charge in [-0.15, -0.1) is 11.3 Å². The molecule has 0 saturated carbocycles. The van der Waals surface area contributed by atoms with Crippen molar-refractivity contribution in [1.29, 1.82) is 0 Å². The number of amides is 1. The van der Waals surface area contributed by atoms with Crippen molar-refractivity contribution < 1.29 is 9.53 Å². The van der Waals surface area contributed by atoms with Crippen molar-refractivity contribution in [2.75, 3.05) is 18.9 Å². The average Bonchev–Trinajstić information content (AvgIpc) is 3.39. The van der Waals surface area contributed by atoms with Gasteiger partial charge in [-0.2, -0.15) is 0 Å². The van der Waals surface area contributed by atoms with Crippen LogP contribution in [-0.4, -0.2) is 42.1 Å². The number of aliphatic imine (C=N–C) groups is 1. The first-order chi connectivity index (χ1) is 14.6. The van der Waals surface area contributed by atoms with Crippen LogP contribution in [0.3, 0.4) is 0 Å². The van der Waals surface area contributed by atoms with E-state index in [2.05, 4.69) is 15.3 Å². The van der Waals surface area contributed by atoms with Crippen molar-refractivity contribution in [3.8, 4) is 0 Å². The number of thioether (sulfide) groups is 1. The van der Waals surface area contributed by atoms with Crippen LogP contribution in [0, 0.1) is 0 Å². The number of nitrogens with one attached hydrogen (secondary N) is 1. The number of aromatic nitrogens is 1. The molecule has 2 aromatic carbocycles. The molecule has 5 nitrogen and oxygen atoms in total. The summed E-state index contributed by atoms with van der Waals surface area (Å²) in [6.07, 6.45) is 3.90. The quantitative estimate of drug-likeness (QED) is 0.346. The number of nitrogens with zero attached hydrogens (tertiary/aromatic N) is 2. The lowest BCUT2D eigenvalue weighted by molar-refractivity contribution is -0.119. The highest BCUT2D eigenvalue weighted by molar-refractivity contribution is 8.01. The van der Waals surface area contributed by atoms with E-state index in [9.17, 15) is 4.79 Å². The zero-order chi connectivity index (χ0) is 20.9. The summed E-state index contributed by atoms with van der Waals surface area (Å²) in [4.78, 5) is 21.2. The van der Waals surface area contributed by atoms with Crippen molar-refractivity contribution in [1.82, 2.24) is 10.3 Å². The summed E-state index contributed by atoms with van der Waals surface area (Å²) in [5.41, 5.74) is 2.36. The number of fused-ring (bicyclic) bond motifs is 1. The van der Waals surface area contributed by atoms with E-state index in [4.69, 9.17) is 27.9 Å². The standard InChI is InChI=1S/C21H19Cl2N3O2S2/c22-16-4-1-5-17(23)15(16)11-24-13-6-7-18-19(9-13)30-21(26-18)29-12-20(27)25-10-14-3-2-8-28-14/h1,4-7,9,11,14H,2-3,8,10,12H2,(H,25,27). The van der Waals surface area contributed by atoms with E-state index in [0.29, 0.717) is 27.9 Å². The molecule has 1 saturated heterocycles. The van der Waals surface area contributed by atoms with Gasteiger partial charge in [0.2, 0.25) is 5.91 Å². The molecule has 9 heteroatoms. The molecule has 1 unspecified atom stereocenters. The minimum Gasteiger partial charge on any atom is -0.376 e. The lowest BCUT2D eigenvalue weighted by Gasteiger charge is -2.09. The number of carbonyl (C=O) groups is 1. The summed E-state index contributed by atoms with van der Waals surface area (Å²) >= 11 is 15.4. The minimum atomic E-state index is -0.00309. The van der Waals surface area contributed by atoms with E-state index >= 15 is 0 Å². The van der Waals surface area contributed by atoms with Crippen LogP contribution >= 0.6 is 46.3 Å². The van der Waals surface area contributed by atoms with Crippen molar-refractivity contribution in [3.05, 3.63) is 52.0 Å². The highest BCUT2D eigenvalue weighted by Gasteiger charge is 2.16. The first kappa shape index (κ1) is 21.6. The number of hydrogen-bond acceptors (Lipinski definition) is 6. The molecular formula is C21H19Cl2N3O2S2. The Balaban J connectivity index is 1.37. The van der Waals surface area contributed by atoms with Crippen molar-refractivity contribution >= 4 is 74.3 Å². The van der Waals surface area contributed by atoms with E-state index < -0.39 is 0 Å². The molecule has 0 bridgehead atoms. The number of ether oxygens (including phenoxy) is 1. The van der Waals surface area contributed by atoms with Gasteiger partial charge in [-0.3, -0.25) is 9.79 Å². The second-order valence-electron chi connectivity index (χ2n) is 6.75. The molecule has 1 aromatic heterocycles. The fraction of sp³-hybridized carbons (Fsp3) is 0.286. The second-order valence-corrected chi connectivity index (χ2v) is 9.82. The van der Waals surface area contributed by atoms with Crippen LogP contribution in [0.1, 0.15) is 18.4 Å². The lowest BCUT2D eigenvalue weighted by Crippen LogP contribution is -2.32. The summed E-state index contributed by atoms with van der Waals surface area (Å²) in [6.45, 7) is 1.37. The normalized spacial score (nSPS) is 16.5. The molecule has 1 aliphatic rings. The molecule has 30 heavy (non-hydrogen) atoms. The van der Waals surface area contributed by atoms with Gasteiger partial charge in [-0.1, -0.05) is 41.0 Å². The number of carbonyl (C=O) groups excluding carboxylic acids is 1. The number of benzene rings is 2. The molecule has 4 rings (SSSR count). The molecule has 156 valence electrons. The third-order valence-corrected chi connectivity index (χ3v) is 7.39. The van der Waals surface area contributed by atoms with E-state index in [1.165, 1.54) is 11.8 Å². The van der Waals surface area contributed by atoms with Gasteiger partial charge in [0.25, 0.3) is 0 Å². The van der Waals surface area contributed by atoms with Gasteiger partial charge in [0, 0.05) is 24.9 Å². The monoisotopic (exact) mass is 479 g/mol. The van der Waals surface area contributed by atoms with Crippen LogP contribution < -0.4 is 5.32 Å². The van der Waals surface area contributed by atoms with Crippen molar-refractivity contribution in [2.45, 2.75) is 23.3 Å². The van der Waals surface area contributed by atoms with Gasteiger partial charge >= 0.3 is 0 Å². The fourth-order valence-corrected chi connectivity index (χ4v) is 5.45. The Morgan fingerprint density at radius 3 is 2.93 bits per heavy atom. The number of rotatable bonds is 7. The highest BCUT2D eigenvalue weighted by Crippen LogP contribution is 2.32. The van der Waals surface area contributed by atoms with Gasteiger partial charge in [-0.25, -0.2) is 4.98 Å². The Labute approximate surface area is 192 Å². The SMILES string of the molecule is O=C(CSc1nc2ccc(N=Cc3c(Cl)cccc3Cl)cc2s1)NCC1CCCO1. The topological polar surface area (TPSA) is 63.6 Å². The van der Waals surface area contributed by atoms with Crippen molar-refractivity contribution in [3.63, 3.8) is 0 Å². The molecule has 1 atom stereocenters. The summed E-state index contributed by atoms with van der Waals surface area (Å²) in [5, 5.41) is 4.04. The average molecular weight is 480 g/mol. The van der Waals surface area contributed by atoms with E-state index in [1.807, 2.05) is 18.2 Å². The first-order valence-electron chi connectivity index (χ1n) is 9.48.